The summed E-state index contributed by atoms with van der Waals surface area (Å²) < 4.78 is 25.9. The second kappa shape index (κ2) is 3.02. The van der Waals surface area contributed by atoms with Gasteiger partial charge in [0, 0.05) is 5.56 Å². The van der Waals surface area contributed by atoms with Crippen LogP contribution in [0.5, 0.6) is 0 Å². The lowest BCUT2D eigenvalue weighted by Crippen LogP contribution is -2.60. The average molecular weight is 198 g/mol. The summed E-state index contributed by atoms with van der Waals surface area (Å²) >= 11 is 0. The molecule has 14 heavy (non-hydrogen) atoms. The summed E-state index contributed by atoms with van der Waals surface area (Å²) in [6.45, 7) is 0. The van der Waals surface area contributed by atoms with Gasteiger partial charge in [0.15, 0.2) is 0 Å². The van der Waals surface area contributed by atoms with Gasteiger partial charge in [-0.25, -0.2) is 8.78 Å². The van der Waals surface area contributed by atoms with E-state index in [0.717, 1.165) is 18.2 Å². The van der Waals surface area contributed by atoms with E-state index in [-0.39, 0.29) is 11.5 Å². The van der Waals surface area contributed by atoms with Gasteiger partial charge in [-0.2, -0.15) is 0 Å². The van der Waals surface area contributed by atoms with Crippen LogP contribution in [0.3, 0.4) is 0 Å². The van der Waals surface area contributed by atoms with Crippen LogP contribution in [-0.4, -0.2) is 11.9 Å². The normalized spacial score (nSPS) is 25.5. The molecule has 1 heterocycles. The van der Waals surface area contributed by atoms with Crippen LogP contribution in [0, 0.1) is 11.6 Å². The highest BCUT2D eigenvalue weighted by Gasteiger charge is 2.38. The van der Waals surface area contributed by atoms with E-state index < -0.39 is 23.7 Å². The summed E-state index contributed by atoms with van der Waals surface area (Å²) in [5.41, 5.74) is 5.51. The summed E-state index contributed by atoms with van der Waals surface area (Å²) in [5.74, 6) is -1.46. The molecular weight excluding hydrogens is 190 g/mol. The first-order valence-corrected chi connectivity index (χ1v) is 4.10. The topological polar surface area (TPSA) is 55.1 Å². The quantitative estimate of drug-likeness (QED) is 0.644. The van der Waals surface area contributed by atoms with Crippen LogP contribution in [-0.2, 0) is 4.79 Å². The Morgan fingerprint density at radius 3 is 2.64 bits per heavy atom. The summed E-state index contributed by atoms with van der Waals surface area (Å²) in [6.07, 6.45) is 0. The van der Waals surface area contributed by atoms with Crippen molar-refractivity contribution in [2.24, 2.45) is 5.73 Å². The van der Waals surface area contributed by atoms with Gasteiger partial charge in [0.2, 0.25) is 5.91 Å². The van der Waals surface area contributed by atoms with Crippen molar-refractivity contribution in [1.82, 2.24) is 5.32 Å². The van der Waals surface area contributed by atoms with E-state index in [1.807, 2.05) is 0 Å². The highest BCUT2D eigenvalue weighted by atomic mass is 19.1. The SMILES string of the molecule is NC1C(=O)NC1c1cc(F)ccc1F. The molecule has 1 fully saturated rings. The predicted octanol–water partition coefficient (Wildman–Crippen LogP) is 0.463. The van der Waals surface area contributed by atoms with E-state index in [9.17, 15) is 13.6 Å². The van der Waals surface area contributed by atoms with Crippen LogP contribution in [0.4, 0.5) is 8.78 Å². The maximum Gasteiger partial charge on any atom is 0.239 e. The Balaban J connectivity index is 2.33. The molecule has 3 N–H and O–H groups in total. The van der Waals surface area contributed by atoms with Crippen LogP contribution in [0.15, 0.2) is 18.2 Å². The zero-order valence-electron chi connectivity index (χ0n) is 7.13. The molecule has 1 amide bonds. The first kappa shape index (κ1) is 9.08. The highest BCUT2D eigenvalue weighted by molar-refractivity contribution is 5.89. The summed E-state index contributed by atoms with van der Waals surface area (Å²) in [5, 5.41) is 2.41. The maximum atomic E-state index is 13.2. The first-order valence-electron chi connectivity index (χ1n) is 4.10. The van der Waals surface area contributed by atoms with Crippen LogP contribution in [0.1, 0.15) is 11.6 Å². The molecule has 0 saturated carbocycles. The molecule has 0 aliphatic carbocycles. The second-order valence-electron chi connectivity index (χ2n) is 3.18. The molecule has 1 saturated heterocycles. The Morgan fingerprint density at radius 1 is 1.36 bits per heavy atom. The lowest BCUT2D eigenvalue weighted by molar-refractivity contribution is -0.130. The number of β-lactam (4-membered cyclic amide) rings is 1. The van der Waals surface area contributed by atoms with E-state index in [4.69, 9.17) is 5.73 Å². The van der Waals surface area contributed by atoms with Gasteiger partial charge in [-0.1, -0.05) is 0 Å². The van der Waals surface area contributed by atoms with Gasteiger partial charge >= 0.3 is 0 Å². The van der Waals surface area contributed by atoms with Crippen molar-refractivity contribution < 1.29 is 13.6 Å². The van der Waals surface area contributed by atoms with Crippen molar-refractivity contribution >= 4 is 5.91 Å². The van der Waals surface area contributed by atoms with Crippen molar-refractivity contribution in [1.29, 1.82) is 0 Å². The molecule has 1 aromatic rings. The summed E-state index contributed by atoms with van der Waals surface area (Å²) in [4.78, 5) is 10.8. The monoisotopic (exact) mass is 198 g/mol. The van der Waals surface area contributed by atoms with Crippen LogP contribution >= 0.6 is 0 Å². The number of nitrogens with one attached hydrogen (secondary N) is 1. The minimum atomic E-state index is -0.786. The van der Waals surface area contributed by atoms with Gasteiger partial charge in [0.25, 0.3) is 0 Å². The molecule has 3 nitrogen and oxygen atoms in total. The number of carbonyl (C=O) groups excluding carboxylic acids is 1. The number of halogens is 2. The van der Waals surface area contributed by atoms with E-state index in [1.54, 1.807) is 0 Å². The van der Waals surface area contributed by atoms with Crippen molar-refractivity contribution in [2.75, 3.05) is 0 Å². The molecule has 2 unspecified atom stereocenters. The van der Waals surface area contributed by atoms with Gasteiger partial charge in [-0.3, -0.25) is 4.79 Å². The molecule has 0 radical (unpaired) electrons. The number of amides is 1. The lowest BCUT2D eigenvalue weighted by atomic mass is 9.92. The molecule has 0 aromatic heterocycles. The molecule has 74 valence electrons. The van der Waals surface area contributed by atoms with Gasteiger partial charge in [-0.05, 0) is 18.2 Å². The van der Waals surface area contributed by atoms with Crippen molar-refractivity contribution in [3.63, 3.8) is 0 Å². The smallest absolute Gasteiger partial charge is 0.239 e. The fraction of sp³-hybridized carbons (Fsp3) is 0.222. The molecule has 5 heteroatoms. The van der Waals surface area contributed by atoms with Gasteiger partial charge < -0.3 is 11.1 Å². The molecular formula is C9H8F2N2O. The third kappa shape index (κ3) is 1.26. The maximum absolute atomic E-state index is 13.2. The largest absolute Gasteiger partial charge is 0.346 e. The Labute approximate surface area is 78.9 Å². The van der Waals surface area contributed by atoms with Crippen molar-refractivity contribution in [2.45, 2.75) is 12.1 Å². The number of hydrogen-bond acceptors (Lipinski definition) is 2. The number of hydrogen-bond donors (Lipinski definition) is 2. The molecule has 2 atom stereocenters. The van der Waals surface area contributed by atoms with Gasteiger partial charge in [0.1, 0.15) is 17.7 Å². The fourth-order valence-electron chi connectivity index (χ4n) is 1.42. The molecule has 1 aliphatic heterocycles. The number of nitrogens with two attached hydrogens (primary N) is 1. The summed E-state index contributed by atoms with van der Waals surface area (Å²) in [6, 6.07) is 1.68. The molecule has 0 spiro atoms. The average Bonchev–Trinajstić information content (AvgIpc) is 2.18. The molecule has 2 rings (SSSR count). The summed E-state index contributed by atoms with van der Waals surface area (Å²) in [7, 11) is 0. The Kier molecular flexibility index (Phi) is 1.96. The first-order chi connectivity index (χ1) is 6.59. The fourth-order valence-corrected chi connectivity index (χ4v) is 1.42. The molecule has 1 aromatic carbocycles. The van der Waals surface area contributed by atoms with Crippen LogP contribution in [0.25, 0.3) is 0 Å². The Morgan fingerprint density at radius 2 is 2.07 bits per heavy atom. The van der Waals surface area contributed by atoms with Crippen molar-refractivity contribution in [3.05, 3.63) is 35.4 Å². The second-order valence-corrected chi connectivity index (χ2v) is 3.18. The third-order valence-corrected chi connectivity index (χ3v) is 2.25. The standard InChI is InChI=1S/C9H8F2N2O/c10-4-1-2-6(11)5(3-4)8-7(12)9(14)13-8/h1-3,7-8H,12H2,(H,13,14). The van der Waals surface area contributed by atoms with Gasteiger partial charge in [0.05, 0.1) is 6.04 Å². The molecule has 1 aliphatic rings. The lowest BCUT2D eigenvalue weighted by Gasteiger charge is -2.34. The van der Waals surface area contributed by atoms with E-state index in [0.29, 0.717) is 0 Å². The van der Waals surface area contributed by atoms with E-state index in [2.05, 4.69) is 5.32 Å². The van der Waals surface area contributed by atoms with Crippen LogP contribution in [0.2, 0.25) is 0 Å². The minimum Gasteiger partial charge on any atom is -0.346 e. The zero-order valence-corrected chi connectivity index (χ0v) is 7.13. The Hall–Kier alpha value is -1.49. The Bertz CT molecular complexity index is 394. The third-order valence-electron chi connectivity index (χ3n) is 2.25. The number of benzene rings is 1. The minimum absolute atomic E-state index is 0.0945. The van der Waals surface area contributed by atoms with Gasteiger partial charge in [-0.15, -0.1) is 0 Å². The van der Waals surface area contributed by atoms with Crippen LogP contribution < -0.4 is 11.1 Å². The number of rotatable bonds is 1. The van der Waals surface area contributed by atoms with Crippen molar-refractivity contribution in [3.8, 4) is 0 Å². The molecule has 0 bridgehead atoms. The van der Waals surface area contributed by atoms with E-state index >= 15 is 0 Å². The predicted molar refractivity (Wildman–Crippen MR) is 45.2 cm³/mol. The highest BCUT2D eigenvalue weighted by Crippen LogP contribution is 2.25. The zero-order chi connectivity index (χ0) is 10.3. The van der Waals surface area contributed by atoms with E-state index in [1.165, 1.54) is 0 Å². The number of carbonyl (C=O) groups is 1.